The number of nitrogens with zero attached hydrogens (tertiary/aromatic N) is 2. The van der Waals surface area contributed by atoms with Crippen molar-refractivity contribution in [3.8, 4) is 0 Å². The number of ether oxygens (including phenoxy) is 1. The van der Waals surface area contributed by atoms with Crippen LogP contribution < -0.4 is 10.9 Å². The zero-order valence-corrected chi connectivity index (χ0v) is 12.7. The molecule has 2 atom stereocenters. The Labute approximate surface area is 121 Å². The van der Waals surface area contributed by atoms with Gasteiger partial charge in [-0.1, -0.05) is 11.8 Å². The number of amides is 1. The second-order valence-corrected chi connectivity index (χ2v) is 6.00. The van der Waals surface area contributed by atoms with Crippen molar-refractivity contribution < 1.29 is 9.53 Å². The summed E-state index contributed by atoms with van der Waals surface area (Å²) in [6.45, 7) is 4.49. The molecule has 1 amide bonds. The van der Waals surface area contributed by atoms with Crippen LogP contribution in [0.1, 0.15) is 12.5 Å². The molecule has 0 radical (unpaired) electrons. The highest BCUT2D eigenvalue weighted by Crippen LogP contribution is 2.24. The maximum Gasteiger partial charge on any atom is 0.257 e. The van der Waals surface area contributed by atoms with Gasteiger partial charge in [0, 0.05) is 37.2 Å². The fraction of sp³-hybridized carbons (Fsp3) is 0.615. The summed E-state index contributed by atoms with van der Waals surface area (Å²) in [5, 5.41) is 3.59. The second kappa shape index (κ2) is 6.41. The monoisotopic (exact) mass is 297 g/mol. The first kappa shape index (κ1) is 15.1. The Balaban J connectivity index is 2.09. The number of hydrogen-bond donors (Lipinski definition) is 1. The molecule has 2 rings (SSSR count). The van der Waals surface area contributed by atoms with E-state index < -0.39 is 0 Å². The maximum atomic E-state index is 12.2. The number of nitrogens with one attached hydrogen (secondary N) is 1. The van der Waals surface area contributed by atoms with Gasteiger partial charge in [0.1, 0.15) is 0 Å². The third-order valence-electron chi connectivity index (χ3n) is 3.17. The topological polar surface area (TPSA) is 73.2 Å². The van der Waals surface area contributed by atoms with E-state index in [-0.39, 0.29) is 23.4 Å². The lowest BCUT2D eigenvalue weighted by Crippen LogP contribution is -2.44. The number of carbonyl (C=O) groups is 1. The van der Waals surface area contributed by atoms with E-state index in [1.165, 1.54) is 11.8 Å². The Morgan fingerprint density at radius 3 is 3.15 bits per heavy atom. The van der Waals surface area contributed by atoms with Gasteiger partial charge >= 0.3 is 0 Å². The lowest BCUT2D eigenvalue weighted by atomic mass is 10.1. The molecule has 110 valence electrons. The van der Waals surface area contributed by atoms with Crippen LogP contribution in [0.5, 0.6) is 0 Å². The van der Waals surface area contributed by atoms with Crippen LogP contribution in [-0.2, 0) is 16.1 Å². The summed E-state index contributed by atoms with van der Waals surface area (Å²) in [7, 11) is 1.60. The minimum absolute atomic E-state index is 0.0359. The van der Waals surface area contributed by atoms with E-state index in [1.807, 2.05) is 6.92 Å². The molecule has 0 unspecified atom stereocenters. The summed E-state index contributed by atoms with van der Waals surface area (Å²) in [4.78, 5) is 28.5. The van der Waals surface area contributed by atoms with E-state index in [9.17, 15) is 9.59 Å². The molecule has 0 spiro atoms. The molecule has 1 aliphatic rings. The second-order valence-electron chi connectivity index (χ2n) is 5.01. The van der Waals surface area contributed by atoms with Crippen molar-refractivity contribution in [2.45, 2.75) is 31.6 Å². The average molecular weight is 297 g/mol. The minimum Gasteiger partial charge on any atom is -0.383 e. The first-order chi connectivity index (χ1) is 9.52. The molecule has 1 N–H and O–H groups in total. The van der Waals surface area contributed by atoms with Crippen molar-refractivity contribution in [1.82, 2.24) is 14.9 Å². The Morgan fingerprint density at radius 1 is 1.70 bits per heavy atom. The highest BCUT2D eigenvalue weighted by Gasteiger charge is 2.27. The number of thioether (sulfide) groups is 1. The largest absolute Gasteiger partial charge is 0.383 e. The average Bonchev–Trinajstić information content (AvgIpc) is 2.43. The summed E-state index contributed by atoms with van der Waals surface area (Å²) in [5.74, 6) is 0.385. The van der Waals surface area contributed by atoms with Crippen molar-refractivity contribution in [3.63, 3.8) is 0 Å². The molecule has 0 fully saturated rings. The van der Waals surface area contributed by atoms with E-state index in [0.29, 0.717) is 29.6 Å². The van der Waals surface area contributed by atoms with Gasteiger partial charge in [0.05, 0.1) is 12.5 Å². The maximum absolute atomic E-state index is 12.2. The Hall–Kier alpha value is -1.34. The van der Waals surface area contributed by atoms with Crippen LogP contribution in [-0.4, -0.2) is 41.0 Å². The predicted molar refractivity (Wildman–Crippen MR) is 76.9 cm³/mol. The molecule has 1 aliphatic heterocycles. The van der Waals surface area contributed by atoms with Crippen molar-refractivity contribution in [1.29, 1.82) is 0 Å². The molecular formula is C13H19N3O3S. The van der Waals surface area contributed by atoms with Crippen LogP contribution >= 0.6 is 11.8 Å². The first-order valence-electron chi connectivity index (χ1n) is 6.51. The number of methoxy groups -OCH3 is 1. The third kappa shape index (κ3) is 3.21. The predicted octanol–water partition coefficient (Wildman–Crippen LogP) is 0.425. The Morgan fingerprint density at radius 2 is 2.45 bits per heavy atom. The fourth-order valence-electron chi connectivity index (χ4n) is 2.11. The Bertz CT molecular complexity index is 558. The summed E-state index contributed by atoms with van der Waals surface area (Å²) in [6.07, 6.45) is 1.59. The van der Waals surface area contributed by atoms with Gasteiger partial charge < -0.3 is 10.1 Å². The van der Waals surface area contributed by atoms with Crippen molar-refractivity contribution in [2.24, 2.45) is 5.92 Å². The van der Waals surface area contributed by atoms with E-state index in [1.54, 1.807) is 24.8 Å². The Kier molecular flexibility index (Phi) is 4.82. The van der Waals surface area contributed by atoms with Crippen LogP contribution in [0.25, 0.3) is 0 Å². The minimum atomic E-state index is -0.215. The molecule has 1 aromatic heterocycles. The highest BCUT2D eigenvalue weighted by atomic mass is 32.2. The van der Waals surface area contributed by atoms with Crippen LogP contribution in [0, 0.1) is 12.8 Å². The number of aryl methyl sites for hydroxylation is 1. The smallest absolute Gasteiger partial charge is 0.257 e. The number of rotatable bonds is 4. The summed E-state index contributed by atoms with van der Waals surface area (Å²) >= 11 is 1.45. The van der Waals surface area contributed by atoms with Gasteiger partial charge in [0.15, 0.2) is 5.16 Å². The molecule has 7 heteroatoms. The lowest BCUT2D eigenvalue weighted by Gasteiger charge is -2.25. The molecule has 0 saturated carbocycles. The van der Waals surface area contributed by atoms with Crippen molar-refractivity contribution >= 4 is 17.7 Å². The lowest BCUT2D eigenvalue weighted by molar-refractivity contribution is -0.125. The number of hydrogen-bond acceptors (Lipinski definition) is 5. The number of fused-ring (bicyclic) bond motifs is 1. The van der Waals surface area contributed by atoms with E-state index in [0.717, 1.165) is 0 Å². The quantitative estimate of drug-likeness (QED) is 0.816. The fourth-order valence-corrected chi connectivity index (χ4v) is 3.16. The van der Waals surface area contributed by atoms with Gasteiger partial charge in [-0.05, 0) is 13.8 Å². The molecular weight excluding hydrogens is 278 g/mol. The summed E-state index contributed by atoms with van der Waals surface area (Å²) in [5.41, 5.74) is 0.535. The summed E-state index contributed by atoms with van der Waals surface area (Å²) < 4.78 is 6.59. The van der Waals surface area contributed by atoms with Gasteiger partial charge in [0.25, 0.3) is 5.56 Å². The molecule has 0 bridgehead atoms. The van der Waals surface area contributed by atoms with E-state index in [4.69, 9.17) is 4.74 Å². The van der Waals surface area contributed by atoms with Crippen LogP contribution in [0.2, 0.25) is 0 Å². The van der Waals surface area contributed by atoms with Gasteiger partial charge in [0.2, 0.25) is 5.91 Å². The van der Waals surface area contributed by atoms with Gasteiger partial charge in [-0.15, -0.1) is 0 Å². The molecule has 1 aromatic rings. The van der Waals surface area contributed by atoms with Gasteiger partial charge in [-0.2, -0.15) is 0 Å². The first-order valence-corrected chi connectivity index (χ1v) is 7.50. The molecule has 6 nitrogen and oxygen atoms in total. The number of aromatic nitrogens is 2. The van der Waals surface area contributed by atoms with Crippen LogP contribution in [0.4, 0.5) is 0 Å². The SMILES string of the molecule is COC[C@H](C)NC(=O)[C@@H]1CSc2ncc(C)c(=O)n2C1. The number of carbonyl (C=O) groups excluding carboxylic acids is 1. The molecule has 20 heavy (non-hydrogen) atoms. The normalized spacial score (nSPS) is 19.2. The van der Waals surface area contributed by atoms with Crippen LogP contribution in [0.3, 0.4) is 0 Å². The zero-order valence-electron chi connectivity index (χ0n) is 11.9. The molecule has 2 heterocycles. The third-order valence-corrected chi connectivity index (χ3v) is 4.33. The highest BCUT2D eigenvalue weighted by molar-refractivity contribution is 7.99. The molecule has 0 aliphatic carbocycles. The van der Waals surface area contributed by atoms with Crippen molar-refractivity contribution in [2.75, 3.05) is 19.5 Å². The van der Waals surface area contributed by atoms with Crippen LogP contribution in [0.15, 0.2) is 16.1 Å². The zero-order chi connectivity index (χ0) is 14.7. The van der Waals surface area contributed by atoms with E-state index >= 15 is 0 Å². The van der Waals surface area contributed by atoms with Gasteiger partial charge in [-0.3, -0.25) is 14.2 Å². The molecule has 0 aromatic carbocycles. The summed E-state index contributed by atoms with van der Waals surface area (Å²) in [6, 6.07) is -0.0359. The van der Waals surface area contributed by atoms with Crippen molar-refractivity contribution in [3.05, 3.63) is 22.1 Å². The standard InChI is InChI=1S/C13H19N3O3S/c1-8-4-14-13-16(12(8)18)5-10(7-20-13)11(17)15-9(2)6-19-3/h4,9-10H,5-7H2,1-3H3,(H,15,17)/t9-,10-/m0/s1. The van der Waals surface area contributed by atoms with E-state index in [2.05, 4.69) is 10.3 Å². The van der Waals surface area contributed by atoms with Gasteiger partial charge in [-0.25, -0.2) is 4.98 Å². The molecule has 0 saturated heterocycles.